The summed E-state index contributed by atoms with van der Waals surface area (Å²) >= 11 is 0. The van der Waals surface area contributed by atoms with Crippen molar-refractivity contribution in [1.82, 2.24) is 0 Å². The number of carbonyl (C=O) groups is 1. The lowest BCUT2D eigenvalue weighted by Gasteiger charge is -2.23. The van der Waals surface area contributed by atoms with Crippen LogP contribution in [0.3, 0.4) is 0 Å². The molecule has 0 aliphatic heterocycles. The summed E-state index contributed by atoms with van der Waals surface area (Å²) in [5, 5.41) is 8.37. The van der Waals surface area contributed by atoms with Gasteiger partial charge in [-0.25, -0.2) is 4.39 Å². The van der Waals surface area contributed by atoms with E-state index >= 15 is 0 Å². The molecule has 0 radical (unpaired) electrons. The van der Waals surface area contributed by atoms with Gasteiger partial charge in [0, 0.05) is 0 Å². The fourth-order valence-electron chi connectivity index (χ4n) is 1.83. The molecule has 12 heavy (non-hydrogen) atoms. The maximum Gasteiger partial charge on any atom is 0.306 e. The first-order valence-corrected chi connectivity index (χ1v) is 4.56. The standard InChI is InChI=1S/C9H15FO2/c10-8(6-9(11)12)7-4-2-1-3-5-7/h7-8H,1-6H2,(H,11,12). The summed E-state index contributed by atoms with van der Waals surface area (Å²) in [5.74, 6) is -1.01. The maximum atomic E-state index is 13.2. The first-order valence-electron chi connectivity index (χ1n) is 4.56. The van der Waals surface area contributed by atoms with Crippen molar-refractivity contribution in [2.75, 3.05) is 0 Å². The number of aliphatic carboxylic acids is 1. The molecule has 1 aliphatic rings. The van der Waals surface area contributed by atoms with Gasteiger partial charge in [0.1, 0.15) is 6.17 Å². The third-order valence-corrected chi connectivity index (χ3v) is 2.53. The predicted octanol–water partition coefficient (Wildman–Crippen LogP) is 2.38. The van der Waals surface area contributed by atoms with E-state index in [4.69, 9.17) is 5.11 Å². The van der Waals surface area contributed by atoms with Gasteiger partial charge in [-0.3, -0.25) is 4.79 Å². The van der Waals surface area contributed by atoms with Crippen LogP contribution >= 0.6 is 0 Å². The van der Waals surface area contributed by atoms with Crippen molar-refractivity contribution < 1.29 is 14.3 Å². The lowest BCUT2D eigenvalue weighted by atomic mass is 9.85. The van der Waals surface area contributed by atoms with Crippen LogP contribution in [0.2, 0.25) is 0 Å². The molecule has 1 unspecified atom stereocenters. The number of hydrogen-bond donors (Lipinski definition) is 1. The van der Waals surface area contributed by atoms with E-state index in [1.807, 2.05) is 0 Å². The Kier molecular flexibility index (Phi) is 3.50. The highest BCUT2D eigenvalue weighted by atomic mass is 19.1. The summed E-state index contributed by atoms with van der Waals surface area (Å²) in [6.07, 6.45) is 3.60. The molecule has 3 heteroatoms. The van der Waals surface area contributed by atoms with Crippen molar-refractivity contribution in [3.63, 3.8) is 0 Å². The van der Waals surface area contributed by atoms with Crippen molar-refractivity contribution in [3.05, 3.63) is 0 Å². The van der Waals surface area contributed by atoms with Crippen molar-refractivity contribution in [2.24, 2.45) is 5.92 Å². The number of carboxylic acid groups (broad SMARTS) is 1. The summed E-state index contributed by atoms with van der Waals surface area (Å²) in [6, 6.07) is 0. The van der Waals surface area contributed by atoms with Crippen molar-refractivity contribution in [3.8, 4) is 0 Å². The SMILES string of the molecule is O=C(O)CC(F)C1CCCCC1. The molecule has 1 N–H and O–H groups in total. The van der Waals surface area contributed by atoms with E-state index in [1.165, 1.54) is 6.42 Å². The van der Waals surface area contributed by atoms with Crippen LogP contribution in [0.4, 0.5) is 4.39 Å². The number of hydrogen-bond acceptors (Lipinski definition) is 1. The molecule has 0 aromatic rings. The number of alkyl halides is 1. The Morgan fingerprint density at radius 2 is 2.00 bits per heavy atom. The third kappa shape index (κ3) is 2.80. The van der Waals surface area contributed by atoms with Gasteiger partial charge < -0.3 is 5.11 Å². The molecule has 0 spiro atoms. The quantitative estimate of drug-likeness (QED) is 0.713. The molecule has 1 saturated carbocycles. The second-order valence-corrected chi connectivity index (χ2v) is 3.51. The fraction of sp³-hybridized carbons (Fsp3) is 0.889. The van der Waals surface area contributed by atoms with Crippen molar-refractivity contribution in [2.45, 2.75) is 44.7 Å². The molecule has 0 saturated heterocycles. The summed E-state index contributed by atoms with van der Waals surface area (Å²) in [5.41, 5.74) is 0. The van der Waals surface area contributed by atoms with Gasteiger partial charge in [-0.1, -0.05) is 19.3 Å². The monoisotopic (exact) mass is 174 g/mol. The van der Waals surface area contributed by atoms with Gasteiger partial charge in [0.15, 0.2) is 0 Å². The van der Waals surface area contributed by atoms with Crippen LogP contribution in [0, 0.1) is 5.92 Å². The Morgan fingerprint density at radius 1 is 1.42 bits per heavy atom. The van der Waals surface area contributed by atoms with Crippen LogP contribution < -0.4 is 0 Å². The summed E-state index contributed by atoms with van der Waals surface area (Å²) in [7, 11) is 0. The van der Waals surface area contributed by atoms with Crippen molar-refractivity contribution >= 4 is 5.97 Å². The Labute approximate surface area is 71.8 Å². The van der Waals surface area contributed by atoms with Gasteiger partial charge in [-0.15, -0.1) is 0 Å². The highest BCUT2D eigenvalue weighted by molar-refractivity contribution is 5.67. The minimum Gasteiger partial charge on any atom is -0.481 e. The van der Waals surface area contributed by atoms with Gasteiger partial charge >= 0.3 is 5.97 Å². The van der Waals surface area contributed by atoms with Crippen LogP contribution in [0.5, 0.6) is 0 Å². The van der Waals surface area contributed by atoms with E-state index in [9.17, 15) is 9.18 Å². The minimum absolute atomic E-state index is 0.00912. The molecule has 1 fully saturated rings. The molecule has 0 heterocycles. The van der Waals surface area contributed by atoms with Crippen LogP contribution in [-0.4, -0.2) is 17.2 Å². The molecule has 0 bridgehead atoms. The van der Waals surface area contributed by atoms with E-state index in [0.717, 1.165) is 25.7 Å². The molecule has 2 nitrogen and oxygen atoms in total. The minimum atomic E-state index is -1.12. The summed E-state index contributed by atoms with van der Waals surface area (Å²) in [4.78, 5) is 10.2. The first kappa shape index (κ1) is 9.49. The molecule has 0 aromatic carbocycles. The molecule has 1 aliphatic carbocycles. The second kappa shape index (κ2) is 4.43. The molecular formula is C9H15FO2. The zero-order valence-corrected chi connectivity index (χ0v) is 7.13. The van der Waals surface area contributed by atoms with Gasteiger partial charge in [0.25, 0.3) is 0 Å². The number of halogens is 1. The molecule has 70 valence electrons. The smallest absolute Gasteiger partial charge is 0.306 e. The molecule has 0 aromatic heterocycles. The number of carboxylic acids is 1. The normalized spacial score (nSPS) is 22.1. The highest BCUT2D eigenvalue weighted by Crippen LogP contribution is 2.29. The molecule has 0 amide bonds. The fourth-order valence-corrected chi connectivity index (χ4v) is 1.83. The van der Waals surface area contributed by atoms with Crippen LogP contribution in [0.15, 0.2) is 0 Å². The highest BCUT2D eigenvalue weighted by Gasteiger charge is 2.24. The Balaban J connectivity index is 2.29. The molecule has 1 atom stereocenters. The second-order valence-electron chi connectivity index (χ2n) is 3.51. The zero-order valence-electron chi connectivity index (χ0n) is 7.13. The Hall–Kier alpha value is -0.600. The van der Waals surface area contributed by atoms with E-state index in [1.54, 1.807) is 0 Å². The maximum absolute atomic E-state index is 13.2. The molecule has 1 rings (SSSR count). The lowest BCUT2D eigenvalue weighted by Crippen LogP contribution is -2.21. The Morgan fingerprint density at radius 3 is 2.50 bits per heavy atom. The lowest BCUT2D eigenvalue weighted by molar-refractivity contribution is -0.138. The van der Waals surface area contributed by atoms with Crippen LogP contribution in [-0.2, 0) is 4.79 Å². The third-order valence-electron chi connectivity index (χ3n) is 2.53. The van der Waals surface area contributed by atoms with Crippen LogP contribution in [0.25, 0.3) is 0 Å². The first-order chi connectivity index (χ1) is 5.70. The average molecular weight is 174 g/mol. The zero-order chi connectivity index (χ0) is 8.97. The predicted molar refractivity (Wildman–Crippen MR) is 43.7 cm³/mol. The average Bonchev–Trinajstić information content (AvgIpc) is 2.05. The van der Waals surface area contributed by atoms with Gasteiger partial charge in [-0.05, 0) is 18.8 Å². The van der Waals surface area contributed by atoms with E-state index < -0.39 is 12.1 Å². The van der Waals surface area contributed by atoms with E-state index in [2.05, 4.69) is 0 Å². The van der Waals surface area contributed by atoms with Gasteiger partial charge in [0.2, 0.25) is 0 Å². The van der Waals surface area contributed by atoms with Gasteiger partial charge in [0.05, 0.1) is 6.42 Å². The largest absolute Gasteiger partial charge is 0.481 e. The molecular weight excluding hydrogens is 159 g/mol. The Bertz CT molecular complexity index is 153. The van der Waals surface area contributed by atoms with Gasteiger partial charge in [-0.2, -0.15) is 0 Å². The topological polar surface area (TPSA) is 37.3 Å². The number of rotatable bonds is 3. The van der Waals surface area contributed by atoms with E-state index in [-0.39, 0.29) is 12.3 Å². The van der Waals surface area contributed by atoms with Crippen molar-refractivity contribution in [1.29, 1.82) is 0 Å². The summed E-state index contributed by atoms with van der Waals surface area (Å²) in [6.45, 7) is 0. The van der Waals surface area contributed by atoms with E-state index in [0.29, 0.717) is 0 Å². The van der Waals surface area contributed by atoms with Crippen LogP contribution in [0.1, 0.15) is 38.5 Å². The summed E-state index contributed by atoms with van der Waals surface area (Å²) < 4.78 is 13.2.